The maximum atomic E-state index is 13.4. The third-order valence-corrected chi connectivity index (χ3v) is 7.41. The average molecular weight is 493 g/mol. The Balaban J connectivity index is 1.36. The minimum absolute atomic E-state index is 0.0141. The predicted molar refractivity (Wildman–Crippen MR) is 139 cm³/mol. The highest BCUT2D eigenvalue weighted by Gasteiger charge is 2.28. The molecule has 0 radical (unpaired) electrons. The number of aromatic nitrogens is 2. The zero-order valence-corrected chi connectivity index (χ0v) is 20.4. The zero-order valence-electron chi connectivity index (χ0n) is 18.8. The molecular weight excluding hydrogens is 468 g/mol. The Morgan fingerprint density at radius 2 is 1.79 bits per heavy atom. The van der Waals surface area contributed by atoms with E-state index in [-0.39, 0.29) is 17.4 Å². The Morgan fingerprint density at radius 1 is 1.09 bits per heavy atom. The van der Waals surface area contributed by atoms with Crippen molar-refractivity contribution in [1.29, 1.82) is 0 Å². The molecule has 1 aliphatic rings. The number of carbonyl (C=O) groups excluding carboxylic acids is 1. The first-order valence-corrected chi connectivity index (χ1v) is 12.6. The van der Waals surface area contributed by atoms with Crippen LogP contribution in [0.15, 0.2) is 64.8 Å². The van der Waals surface area contributed by atoms with Crippen molar-refractivity contribution in [3.8, 4) is 0 Å². The second-order valence-electron chi connectivity index (χ2n) is 8.68. The van der Waals surface area contributed by atoms with Crippen LogP contribution in [0.5, 0.6) is 0 Å². The highest BCUT2D eigenvalue weighted by atomic mass is 35.5. The SMILES string of the molecule is Cc1ccc(Cn2c(N3CCC(C(=O)Nc4ccc(Cl)cc4)CC3)nc3ccsc3c2=O)cc1. The van der Waals surface area contributed by atoms with Gasteiger partial charge in [0.2, 0.25) is 11.9 Å². The van der Waals surface area contributed by atoms with Gasteiger partial charge in [-0.2, -0.15) is 0 Å². The first-order valence-electron chi connectivity index (χ1n) is 11.3. The van der Waals surface area contributed by atoms with Crippen LogP contribution in [-0.4, -0.2) is 28.5 Å². The first kappa shape index (κ1) is 22.6. The Bertz CT molecular complexity index is 1370. The van der Waals surface area contributed by atoms with Gasteiger partial charge in [0.15, 0.2) is 0 Å². The second-order valence-corrected chi connectivity index (χ2v) is 10.0. The van der Waals surface area contributed by atoms with Crippen LogP contribution in [0.4, 0.5) is 11.6 Å². The summed E-state index contributed by atoms with van der Waals surface area (Å²) >= 11 is 7.36. The Hall–Kier alpha value is -3.16. The zero-order chi connectivity index (χ0) is 23.7. The maximum absolute atomic E-state index is 13.4. The molecule has 1 amide bonds. The molecule has 0 atom stereocenters. The van der Waals surface area contributed by atoms with Crippen LogP contribution in [0.1, 0.15) is 24.0 Å². The highest BCUT2D eigenvalue weighted by Crippen LogP contribution is 2.26. The van der Waals surface area contributed by atoms with Gasteiger partial charge in [-0.15, -0.1) is 11.3 Å². The van der Waals surface area contributed by atoms with Crippen molar-refractivity contribution in [3.63, 3.8) is 0 Å². The molecule has 3 heterocycles. The summed E-state index contributed by atoms with van der Waals surface area (Å²) in [4.78, 5) is 33.2. The molecule has 174 valence electrons. The number of halogens is 1. The number of fused-ring (bicyclic) bond motifs is 1. The third kappa shape index (κ3) is 4.72. The van der Waals surface area contributed by atoms with Crippen LogP contribution in [0.3, 0.4) is 0 Å². The topological polar surface area (TPSA) is 67.2 Å². The van der Waals surface area contributed by atoms with Crippen LogP contribution in [-0.2, 0) is 11.3 Å². The lowest BCUT2D eigenvalue weighted by molar-refractivity contribution is -0.120. The van der Waals surface area contributed by atoms with Gasteiger partial charge in [0.05, 0.1) is 12.1 Å². The fraction of sp³-hybridized carbons (Fsp3) is 0.269. The molecule has 0 bridgehead atoms. The van der Waals surface area contributed by atoms with Crippen molar-refractivity contribution < 1.29 is 4.79 Å². The van der Waals surface area contributed by atoms with Gasteiger partial charge in [-0.05, 0) is 61.0 Å². The van der Waals surface area contributed by atoms with Gasteiger partial charge in [0, 0.05) is 29.7 Å². The summed E-state index contributed by atoms with van der Waals surface area (Å²) in [6.07, 6.45) is 1.39. The number of amides is 1. The summed E-state index contributed by atoms with van der Waals surface area (Å²) < 4.78 is 2.45. The number of hydrogen-bond acceptors (Lipinski definition) is 5. The Morgan fingerprint density at radius 3 is 2.50 bits per heavy atom. The van der Waals surface area contributed by atoms with Crippen molar-refractivity contribution in [2.45, 2.75) is 26.3 Å². The number of nitrogens with one attached hydrogen (secondary N) is 1. The molecule has 34 heavy (non-hydrogen) atoms. The highest BCUT2D eigenvalue weighted by molar-refractivity contribution is 7.17. The van der Waals surface area contributed by atoms with Crippen molar-refractivity contribution in [3.05, 3.63) is 86.5 Å². The summed E-state index contributed by atoms with van der Waals surface area (Å²) in [5, 5.41) is 5.53. The molecule has 0 aliphatic carbocycles. The van der Waals surface area contributed by atoms with Gasteiger partial charge in [-0.25, -0.2) is 4.98 Å². The van der Waals surface area contributed by atoms with Crippen LogP contribution >= 0.6 is 22.9 Å². The molecule has 6 nitrogen and oxygen atoms in total. The number of thiophene rings is 1. The van der Waals surface area contributed by atoms with Crippen molar-refractivity contribution in [2.24, 2.45) is 5.92 Å². The minimum Gasteiger partial charge on any atom is -0.342 e. The van der Waals surface area contributed by atoms with E-state index in [2.05, 4.69) is 34.5 Å². The van der Waals surface area contributed by atoms with E-state index in [4.69, 9.17) is 16.6 Å². The fourth-order valence-corrected chi connectivity index (χ4v) is 5.22. The van der Waals surface area contributed by atoms with E-state index in [9.17, 15) is 9.59 Å². The number of aryl methyl sites for hydroxylation is 1. The van der Waals surface area contributed by atoms with E-state index >= 15 is 0 Å². The van der Waals surface area contributed by atoms with Gasteiger partial charge in [-0.3, -0.25) is 14.2 Å². The molecule has 2 aromatic heterocycles. The number of carbonyl (C=O) groups is 1. The molecule has 0 spiro atoms. The molecule has 1 saturated heterocycles. The lowest BCUT2D eigenvalue weighted by Crippen LogP contribution is -2.41. The fourth-order valence-electron chi connectivity index (χ4n) is 4.31. The number of rotatable bonds is 5. The summed E-state index contributed by atoms with van der Waals surface area (Å²) in [7, 11) is 0. The van der Waals surface area contributed by atoms with Crippen LogP contribution in [0, 0.1) is 12.8 Å². The van der Waals surface area contributed by atoms with Crippen molar-refractivity contribution in [1.82, 2.24) is 9.55 Å². The number of nitrogens with zero attached hydrogens (tertiary/aromatic N) is 3. The predicted octanol–water partition coefficient (Wildman–Crippen LogP) is 5.32. The maximum Gasteiger partial charge on any atom is 0.273 e. The van der Waals surface area contributed by atoms with Gasteiger partial charge in [0.1, 0.15) is 4.70 Å². The summed E-state index contributed by atoms with van der Waals surface area (Å²) in [5.74, 6) is 0.599. The molecule has 4 aromatic rings. The average Bonchev–Trinajstić information content (AvgIpc) is 3.33. The lowest BCUT2D eigenvalue weighted by Gasteiger charge is -2.33. The molecule has 1 N–H and O–H groups in total. The molecule has 0 unspecified atom stereocenters. The van der Waals surface area contributed by atoms with E-state index in [0.717, 1.165) is 16.8 Å². The molecule has 1 aliphatic heterocycles. The van der Waals surface area contributed by atoms with Gasteiger partial charge in [-0.1, -0.05) is 41.4 Å². The summed E-state index contributed by atoms with van der Waals surface area (Å²) in [5.41, 5.74) is 3.70. The Labute approximate surface area is 206 Å². The second kappa shape index (κ2) is 9.60. The van der Waals surface area contributed by atoms with E-state index in [1.807, 2.05) is 18.4 Å². The van der Waals surface area contributed by atoms with Gasteiger partial charge in [0.25, 0.3) is 5.56 Å². The smallest absolute Gasteiger partial charge is 0.273 e. The Kier molecular flexibility index (Phi) is 6.39. The van der Waals surface area contributed by atoms with Crippen molar-refractivity contribution >= 4 is 50.7 Å². The molecule has 2 aromatic carbocycles. The molecule has 5 rings (SSSR count). The van der Waals surface area contributed by atoms with E-state index in [0.29, 0.717) is 48.1 Å². The molecule has 0 saturated carbocycles. The molecule has 1 fully saturated rings. The van der Waals surface area contributed by atoms with Gasteiger partial charge < -0.3 is 10.2 Å². The number of benzene rings is 2. The van der Waals surface area contributed by atoms with E-state index < -0.39 is 0 Å². The summed E-state index contributed by atoms with van der Waals surface area (Å²) in [6.45, 7) is 3.84. The van der Waals surface area contributed by atoms with E-state index in [1.54, 1.807) is 28.8 Å². The largest absolute Gasteiger partial charge is 0.342 e. The van der Waals surface area contributed by atoms with Crippen LogP contribution in [0.25, 0.3) is 10.2 Å². The molecule has 8 heteroatoms. The molecular formula is C26H25ClN4O2S. The standard InChI is InChI=1S/C26H25ClN4O2S/c1-17-2-4-18(5-3-17)16-31-25(33)23-22(12-15-34-23)29-26(31)30-13-10-19(11-14-30)24(32)28-21-8-6-20(27)7-9-21/h2-9,12,15,19H,10-11,13-14,16H2,1H3,(H,28,32). The first-order chi connectivity index (χ1) is 16.5. The monoisotopic (exact) mass is 492 g/mol. The van der Waals surface area contributed by atoms with Gasteiger partial charge >= 0.3 is 0 Å². The number of anilines is 2. The van der Waals surface area contributed by atoms with Crippen LogP contribution in [0.2, 0.25) is 5.02 Å². The van der Waals surface area contributed by atoms with Crippen LogP contribution < -0.4 is 15.8 Å². The van der Waals surface area contributed by atoms with E-state index in [1.165, 1.54) is 16.9 Å². The van der Waals surface area contributed by atoms with Crippen molar-refractivity contribution in [2.75, 3.05) is 23.3 Å². The lowest BCUT2D eigenvalue weighted by atomic mass is 9.96. The number of piperidine rings is 1. The quantitative estimate of drug-likeness (QED) is 0.409. The normalized spacial score (nSPS) is 14.5. The third-order valence-electron chi connectivity index (χ3n) is 6.27. The number of hydrogen-bond donors (Lipinski definition) is 1. The minimum atomic E-state index is -0.0888. The summed E-state index contributed by atoms with van der Waals surface area (Å²) in [6, 6.07) is 17.3.